The molecule has 2 aromatic rings. The second-order valence-corrected chi connectivity index (χ2v) is 5.31. The Morgan fingerprint density at radius 3 is 2.19 bits per heavy atom. The highest BCUT2D eigenvalue weighted by Gasteiger charge is 2.12. The van der Waals surface area contributed by atoms with Gasteiger partial charge in [-0.05, 0) is 41.5 Å². The van der Waals surface area contributed by atoms with Crippen LogP contribution in [-0.4, -0.2) is 27.2 Å². The zero-order valence-corrected chi connectivity index (χ0v) is 14.9. The van der Waals surface area contributed by atoms with Gasteiger partial charge < -0.3 is 19.5 Å². The number of ether oxygens (including phenoxy) is 3. The van der Waals surface area contributed by atoms with Gasteiger partial charge in [-0.3, -0.25) is 4.79 Å². The monoisotopic (exact) mass is 352 g/mol. The molecule has 0 radical (unpaired) electrons. The summed E-state index contributed by atoms with van der Waals surface area (Å²) in [4.78, 5) is 12.1. The molecule has 6 heteroatoms. The molecule has 0 aromatic heterocycles. The van der Waals surface area contributed by atoms with Gasteiger partial charge in [-0.2, -0.15) is 5.26 Å². The highest BCUT2D eigenvalue weighted by Crippen LogP contribution is 2.38. The lowest BCUT2D eigenvalue weighted by molar-refractivity contribution is -0.111. The Kier molecular flexibility index (Phi) is 6.63. The van der Waals surface area contributed by atoms with Gasteiger partial charge in [0.25, 0.3) is 0 Å². The van der Waals surface area contributed by atoms with Crippen molar-refractivity contribution < 1.29 is 19.0 Å². The molecule has 2 aromatic carbocycles. The van der Waals surface area contributed by atoms with Crippen LogP contribution in [0.5, 0.6) is 17.2 Å². The summed E-state index contributed by atoms with van der Waals surface area (Å²) in [5.41, 5.74) is 2.30. The molecular formula is C20H20N2O4. The van der Waals surface area contributed by atoms with E-state index in [2.05, 4.69) is 11.4 Å². The molecule has 0 unspecified atom stereocenters. The van der Waals surface area contributed by atoms with Crippen molar-refractivity contribution in [2.24, 2.45) is 0 Å². The summed E-state index contributed by atoms with van der Waals surface area (Å²) in [7, 11) is 4.60. The molecule has 2 rings (SSSR count). The van der Waals surface area contributed by atoms with Gasteiger partial charge in [0.05, 0.1) is 33.8 Å². The number of nitrogens with one attached hydrogen (secondary N) is 1. The number of benzene rings is 2. The molecule has 1 N–H and O–H groups in total. The maximum Gasteiger partial charge on any atom is 0.248 e. The van der Waals surface area contributed by atoms with Crippen molar-refractivity contribution in [3.05, 3.63) is 53.6 Å². The number of nitriles is 1. The van der Waals surface area contributed by atoms with Gasteiger partial charge in [-0.25, -0.2) is 0 Å². The predicted molar refractivity (Wildman–Crippen MR) is 99.5 cm³/mol. The average molecular weight is 352 g/mol. The summed E-state index contributed by atoms with van der Waals surface area (Å²) in [6.45, 7) is 0. The van der Waals surface area contributed by atoms with Crippen molar-refractivity contribution in [2.45, 2.75) is 6.42 Å². The van der Waals surface area contributed by atoms with Crippen LogP contribution in [0.25, 0.3) is 6.08 Å². The molecule has 6 nitrogen and oxygen atoms in total. The zero-order valence-electron chi connectivity index (χ0n) is 14.9. The molecular weight excluding hydrogens is 332 g/mol. The first-order valence-electron chi connectivity index (χ1n) is 7.86. The zero-order chi connectivity index (χ0) is 18.9. The Hall–Kier alpha value is -3.46. The average Bonchev–Trinajstić information content (AvgIpc) is 2.67. The highest BCUT2D eigenvalue weighted by molar-refractivity contribution is 6.02. The normalized spacial score (nSPS) is 10.2. The largest absolute Gasteiger partial charge is 0.493 e. The van der Waals surface area contributed by atoms with Crippen molar-refractivity contribution in [2.75, 3.05) is 26.6 Å². The Morgan fingerprint density at radius 1 is 1.08 bits per heavy atom. The number of amides is 1. The van der Waals surface area contributed by atoms with Crippen molar-refractivity contribution in [1.82, 2.24) is 0 Å². The smallest absolute Gasteiger partial charge is 0.248 e. The van der Waals surface area contributed by atoms with E-state index in [0.717, 1.165) is 11.1 Å². The van der Waals surface area contributed by atoms with Crippen molar-refractivity contribution in [3.63, 3.8) is 0 Å². The third-order valence-corrected chi connectivity index (χ3v) is 3.62. The molecule has 0 bridgehead atoms. The molecule has 0 heterocycles. The Balaban J connectivity index is 2.11. The maximum atomic E-state index is 12.1. The Labute approximate surface area is 152 Å². The summed E-state index contributed by atoms with van der Waals surface area (Å²) in [5.74, 6) is 1.25. The fourth-order valence-electron chi connectivity index (χ4n) is 2.35. The van der Waals surface area contributed by atoms with Gasteiger partial charge in [0.1, 0.15) is 0 Å². The second-order valence-electron chi connectivity index (χ2n) is 5.31. The van der Waals surface area contributed by atoms with Gasteiger partial charge in [-0.1, -0.05) is 12.1 Å². The topological polar surface area (TPSA) is 80.6 Å². The molecule has 0 aliphatic heterocycles. The minimum atomic E-state index is -0.271. The molecule has 0 saturated carbocycles. The summed E-state index contributed by atoms with van der Waals surface area (Å²) in [5, 5.41) is 11.4. The van der Waals surface area contributed by atoms with E-state index in [1.165, 1.54) is 27.4 Å². The summed E-state index contributed by atoms with van der Waals surface area (Å²) in [6.07, 6.45) is 3.42. The molecule has 1 amide bonds. The Morgan fingerprint density at radius 2 is 1.69 bits per heavy atom. The molecule has 0 fully saturated rings. The predicted octanol–water partition coefficient (Wildman–Crippen LogP) is 3.43. The number of nitrogens with zero attached hydrogens (tertiary/aromatic N) is 1. The lowest BCUT2D eigenvalue weighted by Crippen LogP contribution is -2.07. The second kappa shape index (κ2) is 9.14. The summed E-state index contributed by atoms with van der Waals surface area (Å²) >= 11 is 0. The first-order valence-corrected chi connectivity index (χ1v) is 7.86. The van der Waals surface area contributed by atoms with E-state index >= 15 is 0 Å². The van der Waals surface area contributed by atoms with Gasteiger partial charge in [0, 0.05) is 11.8 Å². The third kappa shape index (κ3) is 4.77. The molecule has 0 aliphatic rings. The fourth-order valence-corrected chi connectivity index (χ4v) is 2.35. The SMILES string of the molecule is COc1cc(/C=C/C(=O)Nc2ccc(CC#N)cc2)cc(OC)c1OC. The van der Waals surface area contributed by atoms with E-state index in [-0.39, 0.29) is 5.91 Å². The van der Waals surface area contributed by atoms with Gasteiger partial charge in [0.15, 0.2) is 11.5 Å². The minimum absolute atomic E-state index is 0.271. The minimum Gasteiger partial charge on any atom is -0.493 e. The molecule has 0 atom stereocenters. The van der Waals surface area contributed by atoms with E-state index in [1.807, 2.05) is 12.1 Å². The van der Waals surface area contributed by atoms with Crippen molar-refractivity contribution in [1.29, 1.82) is 5.26 Å². The van der Waals surface area contributed by atoms with E-state index in [0.29, 0.717) is 29.4 Å². The van der Waals surface area contributed by atoms with Crippen LogP contribution in [0.2, 0.25) is 0 Å². The van der Waals surface area contributed by atoms with E-state index in [9.17, 15) is 4.79 Å². The van der Waals surface area contributed by atoms with Crippen LogP contribution in [-0.2, 0) is 11.2 Å². The van der Waals surface area contributed by atoms with Crippen LogP contribution in [0, 0.1) is 11.3 Å². The number of methoxy groups -OCH3 is 3. The molecule has 0 aliphatic carbocycles. The fraction of sp³-hybridized carbons (Fsp3) is 0.200. The number of hydrogen-bond donors (Lipinski definition) is 1. The van der Waals surface area contributed by atoms with E-state index in [1.54, 1.807) is 30.3 Å². The van der Waals surface area contributed by atoms with E-state index in [4.69, 9.17) is 19.5 Å². The third-order valence-electron chi connectivity index (χ3n) is 3.62. The van der Waals surface area contributed by atoms with Crippen LogP contribution in [0.1, 0.15) is 11.1 Å². The van der Waals surface area contributed by atoms with Crippen molar-refractivity contribution in [3.8, 4) is 23.3 Å². The van der Waals surface area contributed by atoms with Crippen LogP contribution >= 0.6 is 0 Å². The quantitative estimate of drug-likeness (QED) is 0.772. The first-order chi connectivity index (χ1) is 12.6. The number of carbonyl (C=O) groups excluding carboxylic acids is 1. The van der Waals surface area contributed by atoms with E-state index < -0.39 is 0 Å². The molecule has 0 saturated heterocycles. The standard InChI is InChI=1S/C20H20N2O4/c1-24-17-12-15(13-18(25-2)20(17)26-3)6-9-19(23)22-16-7-4-14(5-8-16)10-11-21/h4-9,12-13H,10H2,1-3H3,(H,22,23)/b9-6+. The number of anilines is 1. The van der Waals surface area contributed by atoms with Crippen LogP contribution in [0.15, 0.2) is 42.5 Å². The molecule has 134 valence electrons. The van der Waals surface area contributed by atoms with Gasteiger partial charge >= 0.3 is 0 Å². The molecule has 0 spiro atoms. The van der Waals surface area contributed by atoms with Gasteiger partial charge in [0.2, 0.25) is 11.7 Å². The lowest BCUT2D eigenvalue weighted by atomic mass is 10.1. The summed E-state index contributed by atoms with van der Waals surface area (Å²) < 4.78 is 15.9. The lowest BCUT2D eigenvalue weighted by Gasteiger charge is -2.12. The van der Waals surface area contributed by atoms with Crippen LogP contribution < -0.4 is 19.5 Å². The highest BCUT2D eigenvalue weighted by atomic mass is 16.5. The first kappa shape index (κ1) is 18.9. The molecule has 26 heavy (non-hydrogen) atoms. The maximum absolute atomic E-state index is 12.1. The van der Waals surface area contributed by atoms with Gasteiger partial charge in [-0.15, -0.1) is 0 Å². The number of hydrogen-bond acceptors (Lipinski definition) is 5. The summed E-state index contributed by atoms with van der Waals surface area (Å²) in [6, 6.07) is 12.7. The Bertz CT molecular complexity index is 811. The van der Waals surface area contributed by atoms with Crippen LogP contribution in [0.3, 0.4) is 0 Å². The van der Waals surface area contributed by atoms with Crippen LogP contribution in [0.4, 0.5) is 5.69 Å². The number of rotatable bonds is 7. The van der Waals surface area contributed by atoms with Crippen molar-refractivity contribution >= 4 is 17.7 Å². The number of carbonyl (C=O) groups is 1.